The third-order valence-corrected chi connectivity index (χ3v) is 3.87. The van der Waals surface area contributed by atoms with Gasteiger partial charge >= 0.3 is 0 Å². The normalized spacial score (nSPS) is 18.9. The molecule has 1 aromatic rings. The molecule has 1 unspecified atom stereocenters. The second kappa shape index (κ2) is 7.51. The standard InChI is InChI=1S/C20H22O5/c1-13(2)3-4-14-11-15(5-9-18(14)22)19(23)10-7-16-6-8-17(21)12-20(16,24)25/h3,5-12,16,21-22,24-25H,4H2,1-2H3. The number of hydrogen-bond acceptors (Lipinski definition) is 5. The van der Waals surface area contributed by atoms with Crippen molar-refractivity contribution in [1.82, 2.24) is 0 Å². The van der Waals surface area contributed by atoms with Crippen LogP contribution in [0.3, 0.4) is 0 Å². The van der Waals surface area contributed by atoms with E-state index in [9.17, 15) is 25.2 Å². The Morgan fingerprint density at radius 3 is 2.60 bits per heavy atom. The Hall–Kier alpha value is -2.63. The Morgan fingerprint density at radius 1 is 1.24 bits per heavy atom. The van der Waals surface area contributed by atoms with Gasteiger partial charge in [-0.1, -0.05) is 23.8 Å². The van der Waals surface area contributed by atoms with Gasteiger partial charge in [0.05, 0.1) is 5.92 Å². The van der Waals surface area contributed by atoms with Gasteiger partial charge < -0.3 is 20.4 Å². The molecule has 0 heterocycles. The first-order valence-corrected chi connectivity index (χ1v) is 7.91. The monoisotopic (exact) mass is 342 g/mol. The maximum absolute atomic E-state index is 12.3. The number of ketones is 1. The molecule has 0 amide bonds. The number of aromatic hydroxyl groups is 1. The molecule has 0 spiro atoms. The van der Waals surface area contributed by atoms with Crippen LogP contribution in [-0.2, 0) is 6.42 Å². The van der Waals surface area contributed by atoms with Crippen LogP contribution >= 0.6 is 0 Å². The van der Waals surface area contributed by atoms with Crippen LogP contribution in [0.5, 0.6) is 5.75 Å². The van der Waals surface area contributed by atoms with E-state index in [-0.39, 0.29) is 17.3 Å². The summed E-state index contributed by atoms with van der Waals surface area (Å²) in [5, 5.41) is 38.9. The SMILES string of the molecule is CC(C)=CCc1cc(C(=O)C=CC2C=CC(O)=CC2(O)O)ccc1O. The van der Waals surface area contributed by atoms with Crippen molar-refractivity contribution in [3.05, 3.63) is 77.1 Å². The lowest BCUT2D eigenvalue weighted by Crippen LogP contribution is -2.35. The van der Waals surface area contributed by atoms with Crippen LogP contribution in [0, 0.1) is 5.92 Å². The van der Waals surface area contributed by atoms with E-state index >= 15 is 0 Å². The highest BCUT2D eigenvalue weighted by Crippen LogP contribution is 2.26. The van der Waals surface area contributed by atoms with Gasteiger partial charge in [0.1, 0.15) is 11.5 Å². The number of carbonyl (C=O) groups excluding carboxylic acids is 1. The number of hydrogen-bond donors (Lipinski definition) is 4. The fourth-order valence-electron chi connectivity index (χ4n) is 2.42. The van der Waals surface area contributed by atoms with Gasteiger partial charge in [0.2, 0.25) is 0 Å². The Bertz CT molecular complexity index is 777. The van der Waals surface area contributed by atoms with Crippen molar-refractivity contribution in [3.8, 4) is 5.75 Å². The molecule has 1 atom stereocenters. The smallest absolute Gasteiger partial charge is 0.196 e. The predicted octanol–water partition coefficient (Wildman–Crippen LogP) is 2.95. The Balaban J connectivity index is 2.17. The molecular formula is C20H22O5. The molecule has 0 radical (unpaired) electrons. The van der Waals surface area contributed by atoms with Gasteiger partial charge in [-0.25, -0.2) is 0 Å². The van der Waals surface area contributed by atoms with Gasteiger partial charge in [-0.15, -0.1) is 0 Å². The number of carbonyl (C=O) groups is 1. The molecule has 0 aromatic heterocycles. The molecule has 5 nitrogen and oxygen atoms in total. The van der Waals surface area contributed by atoms with Crippen molar-refractivity contribution in [2.45, 2.75) is 26.1 Å². The third-order valence-electron chi connectivity index (χ3n) is 3.87. The summed E-state index contributed by atoms with van der Waals surface area (Å²) < 4.78 is 0. The van der Waals surface area contributed by atoms with Crippen LogP contribution in [0.25, 0.3) is 0 Å². The highest BCUT2D eigenvalue weighted by Gasteiger charge is 2.31. The summed E-state index contributed by atoms with van der Waals surface area (Å²) in [5.74, 6) is -3.54. The van der Waals surface area contributed by atoms with Crippen LogP contribution < -0.4 is 0 Å². The van der Waals surface area contributed by atoms with Gasteiger partial charge in [0.25, 0.3) is 0 Å². The summed E-state index contributed by atoms with van der Waals surface area (Å²) in [7, 11) is 0. The summed E-state index contributed by atoms with van der Waals surface area (Å²) in [6.45, 7) is 3.91. The van der Waals surface area contributed by atoms with Gasteiger partial charge in [-0.3, -0.25) is 4.79 Å². The molecule has 5 heteroatoms. The average molecular weight is 342 g/mol. The largest absolute Gasteiger partial charge is 0.508 e. The Morgan fingerprint density at radius 2 is 1.96 bits per heavy atom. The third kappa shape index (κ3) is 4.92. The van der Waals surface area contributed by atoms with E-state index in [1.165, 1.54) is 36.4 Å². The van der Waals surface area contributed by atoms with Gasteiger partial charge in [0.15, 0.2) is 11.6 Å². The molecule has 0 bridgehead atoms. The average Bonchev–Trinajstić information content (AvgIpc) is 2.52. The summed E-state index contributed by atoms with van der Waals surface area (Å²) in [4.78, 5) is 12.3. The molecule has 1 aliphatic rings. The molecule has 0 aliphatic heterocycles. The molecule has 2 rings (SSSR count). The van der Waals surface area contributed by atoms with Crippen LogP contribution in [0.4, 0.5) is 0 Å². The molecule has 1 aliphatic carbocycles. The van der Waals surface area contributed by atoms with Crippen LogP contribution in [0.15, 0.2) is 66.0 Å². The molecule has 0 fully saturated rings. The van der Waals surface area contributed by atoms with E-state index < -0.39 is 11.7 Å². The lowest BCUT2D eigenvalue weighted by atomic mass is 9.92. The highest BCUT2D eigenvalue weighted by molar-refractivity contribution is 6.04. The molecule has 132 valence electrons. The number of benzene rings is 1. The van der Waals surface area contributed by atoms with Crippen LogP contribution in [0.1, 0.15) is 29.8 Å². The van der Waals surface area contributed by atoms with Crippen molar-refractivity contribution < 1.29 is 25.2 Å². The van der Waals surface area contributed by atoms with E-state index in [2.05, 4.69) is 0 Å². The van der Waals surface area contributed by atoms with E-state index in [0.29, 0.717) is 17.5 Å². The lowest BCUT2D eigenvalue weighted by Gasteiger charge is -2.26. The fourth-order valence-corrected chi connectivity index (χ4v) is 2.42. The number of allylic oxidation sites excluding steroid dienone is 4. The van der Waals surface area contributed by atoms with Crippen molar-refractivity contribution in [1.29, 1.82) is 0 Å². The number of phenolic OH excluding ortho intramolecular Hbond substituents is 1. The van der Waals surface area contributed by atoms with Gasteiger partial charge in [0, 0.05) is 11.6 Å². The Labute approximate surface area is 146 Å². The van der Waals surface area contributed by atoms with Crippen molar-refractivity contribution in [2.24, 2.45) is 5.92 Å². The minimum Gasteiger partial charge on any atom is -0.508 e. The zero-order valence-corrected chi connectivity index (χ0v) is 14.2. The van der Waals surface area contributed by atoms with Crippen LogP contribution in [-0.4, -0.2) is 32.0 Å². The summed E-state index contributed by atoms with van der Waals surface area (Å²) >= 11 is 0. The van der Waals surface area contributed by atoms with Gasteiger partial charge in [-0.05, 0) is 56.2 Å². The number of phenols is 1. The summed E-state index contributed by atoms with van der Waals surface area (Å²) in [6, 6.07) is 4.61. The highest BCUT2D eigenvalue weighted by atomic mass is 16.5. The van der Waals surface area contributed by atoms with E-state index in [1.54, 1.807) is 6.07 Å². The van der Waals surface area contributed by atoms with E-state index in [1.807, 2.05) is 19.9 Å². The zero-order valence-electron chi connectivity index (χ0n) is 14.2. The zero-order chi connectivity index (χ0) is 18.6. The molecule has 0 saturated carbocycles. The minimum atomic E-state index is -2.25. The molecule has 4 N–H and O–H groups in total. The summed E-state index contributed by atoms with van der Waals surface area (Å²) in [5.41, 5.74) is 2.15. The quantitative estimate of drug-likeness (QED) is 0.285. The van der Waals surface area contributed by atoms with Gasteiger partial charge in [-0.2, -0.15) is 0 Å². The minimum absolute atomic E-state index is 0.124. The second-order valence-corrected chi connectivity index (χ2v) is 6.29. The topological polar surface area (TPSA) is 98.0 Å². The van der Waals surface area contributed by atoms with Crippen molar-refractivity contribution in [2.75, 3.05) is 0 Å². The van der Waals surface area contributed by atoms with Crippen molar-refractivity contribution >= 4 is 5.78 Å². The number of rotatable bonds is 5. The first-order valence-electron chi connectivity index (χ1n) is 7.91. The maximum Gasteiger partial charge on any atom is 0.196 e. The van der Waals surface area contributed by atoms with E-state index in [0.717, 1.165) is 11.6 Å². The molecular weight excluding hydrogens is 320 g/mol. The molecule has 1 aromatic carbocycles. The fraction of sp³-hybridized carbons (Fsp3) is 0.250. The lowest BCUT2D eigenvalue weighted by molar-refractivity contribution is -0.138. The second-order valence-electron chi connectivity index (χ2n) is 6.29. The van der Waals surface area contributed by atoms with Crippen LogP contribution in [0.2, 0.25) is 0 Å². The first kappa shape index (κ1) is 18.7. The Kier molecular flexibility index (Phi) is 5.62. The first-order chi connectivity index (χ1) is 11.7. The maximum atomic E-state index is 12.3. The number of aliphatic hydroxyl groups excluding tert-OH is 1. The van der Waals surface area contributed by atoms with E-state index in [4.69, 9.17) is 0 Å². The number of aliphatic hydroxyl groups is 3. The van der Waals surface area contributed by atoms with Crippen molar-refractivity contribution in [3.63, 3.8) is 0 Å². The molecule has 25 heavy (non-hydrogen) atoms. The predicted molar refractivity (Wildman–Crippen MR) is 95.2 cm³/mol. The molecule has 0 saturated heterocycles. The summed E-state index contributed by atoms with van der Waals surface area (Å²) in [6.07, 6.45) is 8.73.